The smallest absolute Gasteiger partial charge is 0.167 e. The summed E-state index contributed by atoms with van der Waals surface area (Å²) in [5, 5.41) is 0. The van der Waals surface area contributed by atoms with Crippen molar-refractivity contribution in [2.75, 3.05) is 11.6 Å². The molecule has 0 amide bonds. The molecule has 2 aromatic rings. The van der Waals surface area contributed by atoms with Gasteiger partial charge < -0.3 is 9.72 Å². The van der Waals surface area contributed by atoms with E-state index in [1.165, 1.54) is 0 Å². The molecule has 0 spiro atoms. The largest absolute Gasteiger partial charge is 0.469 e. The highest BCUT2D eigenvalue weighted by Gasteiger charge is 2.26. The molecule has 0 saturated carbocycles. The van der Waals surface area contributed by atoms with Crippen LogP contribution in [0.25, 0.3) is 0 Å². The van der Waals surface area contributed by atoms with E-state index in [0.29, 0.717) is 29.6 Å². The number of carbonyl (C=O) groups excluding carboxylic acids is 2. The number of aromatic nitrogens is 1. The zero-order valence-electron chi connectivity index (χ0n) is 9.42. The molecule has 5 heteroatoms. The van der Waals surface area contributed by atoms with Crippen LogP contribution in [0, 0.1) is 0 Å². The molecule has 2 heterocycles. The second-order valence-electron chi connectivity index (χ2n) is 3.93. The normalized spacial score (nSPS) is 13.0. The van der Waals surface area contributed by atoms with E-state index in [4.69, 9.17) is 4.74 Å². The molecule has 5 nitrogen and oxygen atoms in total. The number of carbonyl (C=O) groups is 2. The number of hydrogen-bond acceptors (Lipinski definition) is 4. The first-order chi connectivity index (χ1) is 8.83. The van der Waals surface area contributed by atoms with Gasteiger partial charge in [-0.15, -0.1) is 0 Å². The fourth-order valence-corrected chi connectivity index (χ4v) is 2.04. The predicted octanol–water partition coefficient (Wildman–Crippen LogP) is 2.13. The highest BCUT2D eigenvalue weighted by atomic mass is 16.5. The summed E-state index contributed by atoms with van der Waals surface area (Å²) in [6, 6.07) is 8.87. The van der Waals surface area contributed by atoms with Crippen LogP contribution < -0.4 is 9.64 Å². The van der Waals surface area contributed by atoms with Gasteiger partial charge in [-0.1, -0.05) is 12.1 Å². The van der Waals surface area contributed by atoms with E-state index in [1.807, 2.05) is 17.0 Å². The third-order valence-electron chi connectivity index (χ3n) is 2.88. The number of benzene rings is 1. The zero-order chi connectivity index (χ0) is 12.5. The first kappa shape index (κ1) is 10.6. The highest BCUT2D eigenvalue weighted by Crippen LogP contribution is 2.39. The van der Waals surface area contributed by atoms with Gasteiger partial charge in [0.25, 0.3) is 0 Å². The van der Waals surface area contributed by atoms with Gasteiger partial charge in [-0.25, -0.2) is 0 Å². The van der Waals surface area contributed by atoms with Gasteiger partial charge in [-0.3, -0.25) is 14.5 Å². The molecule has 90 valence electrons. The number of ether oxygens (including phenoxy) is 1. The molecule has 0 fully saturated rings. The maximum absolute atomic E-state index is 11.0. The van der Waals surface area contributed by atoms with Crippen LogP contribution >= 0.6 is 0 Å². The molecular weight excluding hydrogens is 232 g/mol. The number of aldehydes is 2. The number of anilines is 2. The number of nitrogens with zero attached hydrogens (tertiary/aromatic N) is 1. The summed E-state index contributed by atoms with van der Waals surface area (Å²) in [6.45, 7) is 0.325. The molecule has 1 aliphatic rings. The molecule has 1 aromatic heterocycles. The van der Waals surface area contributed by atoms with Crippen LogP contribution in [0.4, 0.5) is 11.5 Å². The van der Waals surface area contributed by atoms with E-state index < -0.39 is 0 Å². The number of para-hydroxylation sites is 1. The van der Waals surface area contributed by atoms with Crippen LogP contribution in [-0.4, -0.2) is 24.3 Å². The Labute approximate surface area is 103 Å². The molecule has 0 saturated heterocycles. The lowest BCUT2D eigenvalue weighted by Gasteiger charge is -2.17. The van der Waals surface area contributed by atoms with E-state index in [-0.39, 0.29) is 0 Å². The molecule has 1 N–H and O–H groups in total. The van der Waals surface area contributed by atoms with Gasteiger partial charge >= 0.3 is 0 Å². The molecule has 3 rings (SSSR count). The number of aromatic amines is 1. The molecule has 1 aromatic carbocycles. The Balaban J connectivity index is 2.07. The monoisotopic (exact) mass is 242 g/mol. The van der Waals surface area contributed by atoms with Gasteiger partial charge in [0.1, 0.15) is 0 Å². The molecule has 0 atom stereocenters. The van der Waals surface area contributed by atoms with Crippen LogP contribution in [0.1, 0.15) is 20.8 Å². The lowest BCUT2D eigenvalue weighted by molar-refractivity contribution is 0.111. The molecule has 18 heavy (non-hydrogen) atoms. The van der Waals surface area contributed by atoms with Crippen LogP contribution in [0.3, 0.4) is 0 Å². The first-order valence-corrected chi connectivity index (χ1v) is 5.46. The summed E-state index contributed by atoms with van der Waals surface area (Å²) in [4.78, 5) is 26.5. The number of H-pyrrole nitrogens is 1. The quantitative estimate of drug-likeness (QED) is 0.837. The lowest BCUT2D eigenvalue weighted by Crippen LogP contribution is -2.18. The fraction of sp³-hybridized carbons (Fsp3) is 0.0769. The number of hydrogen-bond donors (Lipinski definition) is 1. The van der Waals surface area contributed by atoms with E-state index in [9.17, 15) is 9.59 Å². The minimum atomic E-state index is 0.325. The van der Waals surface area contributed by atoms with Gasteiger partial charge in [0.05, 0.1) is 11.4 Å². The average Bonchev–Trinajstić information content (AvgIpc) is 2.98. The summed E-state index contributed by atoms with van der Waals surface area (Å²) in [6.07, 6.45) is 1.53. The molecule has 0 bridgehead atoms. The third-order valence-corrected chi connectivity index (χ3v) is 2.88. The van der Waals surface area contributed by atoms with Crippen LogP contribution in [0.15, 0.2) is 30.3 Å². The molecular formula is C13H10N2O3. The van der Waals surface area contributed by atoms with Crippen molar-refractivity contribution < 1.29 is 14.3 Å². The highest BCUT2D eigenvalue weighted by molar-refractivity contribution is 5.88. The van der Waals surface area contributed by atoms with E-state index in [2.05, 4.69) is 4.98 Å². The van der Waals surface area contributed by atoms with Crippen molar-refractivity contribution in [1.29, 1.82) is 0 Å². The summed E-state index contributed by atoms with van der Waals surface area (Å²) in [5.41, 5.74) is 1.79. The number of fused-ring (bicyclic) bond motifs is 1. The van der Waals surface area contributed by atoms with Gasteiger partial charge in [-0.2, -0.15) is 0 Å². The van der Waals surface area contributed by atoms with Crippen molar-refractivity contribution in [2.24, 2.45) is 0 Å². The maximum Gasteiger partial charge on any atom is 0.167 e. The standard InChI is InChI=1S/C13H10N2O3/c16-6-9-3-1-2-4-11(9)15-8-18-12-5-10(7-17)14-13(12)15/h1-7,14H,8H2. The summed E-state index contributed by atoms with van der Waals surface area (Å²) in [7, 11) is 0. The molecule has 0 unspecified atom stereocenters. The van der Waals surface area contributed by atoms with Crippen LogP contribution in [0.2, 0.25) is 0 Å². The van der Waals surface area contributed by atoms with Crippen molar-refractivity contribution in [3.8, 4) is 5.75 Å². The Morgan fingerprint density at radius 2 is 2.06 bits per heavy atom. The zero-order valence-corrected chi connectivity index (χ0v) is 9.42. The van der Waals surface area contributed by atoms with Crippen molar-refractivity contribution in [2.45, 2.75) is 0 Å². The van der Waals surface area contributed by atoms with E-state index in [0.717, 1.165) is 18.3 Å². The van der Waals surface area contributed by atoms with E-state index >= 15 is 0 Å². The second-order valence-corrected chi connectivity index (χ2v) is 3.93. The topological polar surface area (TPSA) is 62.4 Å². The van der Waals surface area contributed by atoms with Crippen molar-refractivity contribution >= 4 is 24.1 Å². The SMILES string of the molecule is O=Cc1cc2c([nH]1)N(c1ccccc1C=O)CO2. The Morgan fingerprint density at radius 3 is 2.83 bits per heavy atom. The van der Waals surface area contributed by atoms with Crippen LogP contribution in [-0.2, 0) is 0 Å². The third kappa shape index (κ3) is 1.48. The molecule has 0 radical (unpaired) electrons. The first-order valence-electron chi connectivity index (χ1n) is 5.46. The van der Waals surface area contributed by atoms with Gasteiger partial charge in [-0.05, 0) is 12.1 Å². The minimum Gasteiger partial charge on any atom is -0.469 e. The summed E-state index contributed by atoms with van der Waals surface area (Å²) in [5.74, 6) is 1.32. The van der Waals surface area contributed by atoms with Crippen molar-refractivity contribution in [3.63, 3.8) is 0 Å². The summed E-state index contributed by atoms with van der Waals surface area (Å²) >= 11 is 0. The second kappa shape index (κ2) is 4.03. The average molecular weight is 242 g/mol. The Kier molecular flexibility index (Phi) is 2.37. The number of rotatable bonds is 3. The van der Waals surface area contributed by atoms with Gasteiger partial charge in [0.15, 0.2) is 30.9 Å². The van der Waals surface area contributed by atoms with Gasteiger partial charge in [0, 0.05) is 11.6 Å². The Bertz CT molecular complexity index is 618. The fourth-order valence-electron chi connectivity index (χ4n) is 2.04. The Hall–Kier alpha value is -2.56. The molecule has 0 aliphatic carbocycles. The van der Waals surface area contributed by atoms with Crippen molar-refractivity contribution in [1.82, 2.24) is 4.98 Å². The van der Waals surface area contributed by atoms with Gasteiger partial charge in [0.2, 0.25) is 0 Å². The van der Waals surface area contributed by atoms with Crippen molar-refractivity contribution in [3.05, 3.63) is 41.6 Å². The maximum atomic E-state index is 11.0. The lowest BCUT2D eigenvalue weighted by atomic mass is 10.2. The van der Waals surface area contributed by atoms with Crippen LogP contribution in [0.5, 0.6) is 5.75 Å². The minimum absolute atomic E-state index is 0.325. The predicted molar refractivity (Wildman–Crippen MR) is 65.6 cm³/mol. The molecule has 1 aliphatic heterocycles. The van der Waals surface area contributed by atoms with E-state index in [1.54, 1.807) is 18.2 Å². The Morgan fingerprint density at radius 1 is 1.22 bits per heavy atom. The number of nitrogens with one attached hydrogen (secondary N) is 1. The summed E-state index contributed by atoms with van der Waals surface area (Å²) < 4.78 is 5.47.